The highest BCUT2D eigenvalue weighted by Gasteiger charge is 2.27. The summed E-state index contributed by atoms with van der Waals surface area (Å²) in [5, 5.41) is 2.79. The average Bonchev–Trinajstić information content (AvgIpc) is 3.41. The fraction of sp³-hybridized carbons (Fsp3) is 0.261. The minimum Gasteiger partial charge on any atom is -0.486 e. The molecule has 1 N–H and O–H groups in total. The molecule has 168 valence electrons. The van der Waals surface area contributed by atoms with E-state index in [-0.39, 0.29) is 27.8 Å². The second-order valence-electron chi connectivity index (χ2n) is 6.75. The molecule has 32 heavy (non-hydrogen) atoms. The molecule has 0 bridgehead atoms. The number of hydrogen-bond acceptors (Lipinski definition) is 8. The van der Waals surface area contributed by atoms with Crippen molar-refractivity contribution in [3.05, 3.63) is 69.5 Å². The highest BCUT2D eigenvalue weighted by atomic mass is 32.1. The van der Waals surface area contributed by atoms with E-state index in [1.807, 2.05) is 24.3 Å². The number of esters is 2. The third-order valence-electron chi connectivity index (χ3n) is 4.73. The second-order valence-corrected chi connectivity index (χ2v) is 7.77. The van der Waals surface area contributed by atoms with E-state index >= 15 is 0 Å². The zero-order chi connectivity index (χ0) is 23.3. The first-order chi connectivity index (χ1) is 15.4. The zero-order valence-corrected chi connectivity index (χ0v) is 19.0. The van der Waals surface area contributed by atoms with Crippen LogP contribution in [0.4, 0.5) is 5.00 Å². The Kier molecular flexibility index (Phi) is 7.32. The summed E-state index contributed by atoms with van der Waals surface area (Å²) in [5.41, 5.74) is 1.67. The minimum atomic E-state index is -0.674. The van der Waals surface area contributed by atoms with Crippen LogP contribution in [0.1, 0.15) is 54.4 Å². The minimum absolute atomic E-state index is 0.0337. The molecule has 0 aliphatic rings. The monoisotopic (exact) mass is 457 g/mol. The molecule has 0 atom stereocenters. The number of methoxy groups -OCH3 is 2. The summed E-state index contributed by atoms with van der Waals surface area (Å²) in [6.07, 6.45) is 0.944. The molecule has 0 saturated heterocycles. The average molecular weight is 458 g/mol. The number of ether oxygens (including phenoxy) is 3. The Hall–Kier alpha value is -3.59. The zero-order valence-electron chi connectivity index (χ0n) is 18.1. The Morgan fingerprint density at radius 3 is 2.31 bits per heavy atom. The van der Waals surface area contributed by atoms with Gasteiger partial charge in [0.15, 0.2) is 5.76 Å². The molecular weight excluding hydrogens is 434 g/mol. The predicted octanol–water partition coefficient (Wildman–Crippen LogP) is 4.62. The highest BCUT2D eigenvalue weighted by molar-refractivity contribution is 7.18. The molecule has 0 unspecified atom stereocenters. The number of rotatable bonds is 8. The molecule has 9 heteroatoms. The van der Waals surface area contributed by atoms with Gasteiger partial charge in [-0.05, 0) is 48.7 Å². The Balaban J connectivity index is 1.73. The molecule has 0 fully saturated rings. The molecule has 0 aliphatic carbocycles. The van der Waals surface area contributed by atoms with Crippen LogP contribution in [-0.4, -0.2) is 32.1 Å². The third kappa shape index (κ3) is 5.00. The third-order valence-corrected chi connectivity index (χ3v) is 5.92. The number of benzene rings is 1. The van der Waals surface area contributed by atoms with Crippen LogP contribution in [-0.2, 0) is 22.5 Å². The number of anilines is 1. The van der Waals surface area contributed by atoms with Crippen molar-refractivity contribution in [2.75, 3.05) is 19.5 Å². The van der Waals surface area contributed by atoms with E-state index in [0.29, 0.717) is 17.1 Å². The number of carbonyl (C=O) groups excluding carboxylic acids is 3. The quantitative estimate of drug-likeness (QED) is 0.492. The van der Waals surface area contributed by atoms with Crippen LogP contribution in [0.2, 0.25) is 0 Å². The van der Waals surface area contributed by atoms with Gasteiger partial charge in [-0.2, -0.15) is 0 Å². The van der Waals surface area contributed by atoms with E-state index in [4.69, 9.17) is 18.6 Å². The number of carbonyl (C=O) groups is 3. The van der Waals surface area contributed by atoms with Crippen LogP contribution in [0.5, 0.6) is 5.75 Å². The number of thiophene rings is 1. The van der Waals surface area contributed by atoms with Crippen LogP contribution in [0.25, 0.3) is 0 Å². The van der Waals surface area contributed by atoms with Gasteiger partial charge in [0.2, 0.25) is 0 Å². The van der Waals surface area contributed by atoms with Crippen LogP contribution in [0.3, 0.4) is 0 Å². The maximum atomic E-state index is 12.7. The van der Waals surface area contributed by atoms with Crippen LogP contribution >= 0.6 is 11.3 Å². The van der Waals surface area contributed by atoms with Gasteiger partial charge >= 0.3 is 11.9 Å². The molecule has 3 rings (SSSR count). The summed E-state index contributed by atoms with van der Waals surface area (Å²) in [4.78, 5) is 37.1. The lowest BCUT2D eigenvalue weighted by Crippen LogP contribution is -2.13. The van der Waals surface area contributed by atoms with E-state index in [1.165, 1.54) is 25.8 Å². The van der Waals surface area contributed by atoms with E-state index in [9.17, 15) is 14.4 Å². The largest absolute Gasteiger partial charge is 0.486 e. The molecular formula is C23H23NO7S. The van der Waals surface area contributed by atoms with Crippen LogP contribution in [0, 0.1) is 6.92 Å². The normalized spacial score (nSPS) is 10.5. The Labute approximate surface area is 189 Å². The van der Waals surface area contributed by atoms with Crippen molar-refractivity contribution in [3.8, 4) is 5.75 Å². The Bertz CT molecular complexity index is 1130. The van der Waals surface area contributed by atoms with E-state index in [1.54, 1.807) is 13.0 Å². The second kappa shape index (κ2) is 10.1. The molecule has 0 saturated carbocycles. The van der Waals surface area contributed by atoms with Crippen molar-refractivity contribution in [2.45, 2.75) is 26.9 Å². The van der Waals surface area contributed by atoms with Gasteiger partial charge in [0.25, 0.3) is 5.91 Å². The van der Waals surface area contributed by atoms with Gasteiger partial charge in [-0.1, -0.05) is 19.1 Å². The SMILES string of the molecule is CCc1ccc(OCc2ccc(C(=O)Nc3sc(C(=O)OC)c(C)c3C(=O)OC)o2)cc1. The van der Waals surface area contributed by atoms with Gasteiger partial charge in [0, 0.05) is 0 Å². The molecule has 2 aromatic heterocycles. The molecule has 0 aliphatic heterocycles. The molecule has 2 heterocycles. The van der Waals surface area contributed by atoms with Crippen molar-refractivity contribution < 1.29 is 33.0 Å². The number of nitrogens with one attached hydrogen (secondary N) is 1. The summed E-state index contributed by atoms with van der Waals surface area (Å²) in [7, 11) is 2.46. The van der Waals surface area contributed by atoms with Gasteiger partial charge in [-0.15, -0.1) is 11.3 Å². The summed E-state index contributed by atoms with van der Waals surface area (Å²) in [6, 6.07) is 10.9. The highest BCUT2D eigenvalue weighted by Crippen LogP contribution is 2.34. The number of aryl methyl sites for hydroxylation is 1. The van der Waals surface area contributed by atoms with Gasteiger partial charge in [-0.25, -0.2) is 9.59 Å². The van der Waals surface area contributed by atoms with Crippen molar-refractivity contribution in [2.24, 2.45) is 0 Å². The van der Waals surface area contributed by atoms with E-state index in [0.717, 1.165) is 17.8 Å². The fourth-order valence-corrected chi connectivity index (χ4v) is 4.06. The lowest BCUT2D eigenvalue weighted by Gasteiger charge is -2.06. The Morgan fingerprint density at radius 1 is 1.00 bits per heavy atom. The van der Waals surface area contributed by atoms with Crippen molar-refractivity contribution in [1.29, 1.82) is 0 Å². The first-order valence-electron chi connectivity index (χ1n) is 9.79. The van der Waals surface area contributed by atoms with Gasteiger partial charge in [0.1, 0.15) is 28.0 Å². The van der Waals surface area contributed by atoms with Gasteiger partial charge in [0.05, 0.1) is 19.8 Å². The maximum absolute atomic E-state index is 12.7. The predicted molar refractivity (Wildman–Crippen MR) is 119 cm³/mol. The topological polar surface area (TPSA) is 104 Å². The molecule has 0 radical (unpaired) electrons. The first kappa shape index (κ1) is 23.1. The lowest BCUT2D eigenvalue weighted by atomic mass is 10.1. The fourth-order valence-electron chi connectivity index (χ4n) is 2.95. The summed E-state index contributed by atoms with van der Waals surface area (Å²) >= 11 is 0.929. The standard InChI is InChI=1S/C23H23NO7S/c1-5-14-6-8-15(9-7-14)30-12-16-10-11-17(31-16)20(25)24-21-18(22(26)28-3)13(2)19(32-21)23(27)29-4/h6-11H,5,12H2,1-4H3,(H,24,25). The summed E-state index contributed by atoms with van der Waals surface area (Å²) in [6.45, 7) is 3.81. The molecule has 3 aromatic rings. The maximum Gasteiger partial charge on any atom is 0.348 e. The number of furan rings is 1. The molecule has 8 nitrogen and oxygen atoms in total. The van der Waals surface area contributed by atoms with Crippen molar-refractivity contribution in [3.63, 3.8) is 0 Å². The van der Waals surface area contributed by atoms with E-state index < -0.39 is 17.8 Å². The van der Waals surface area contributed by atoms with Crippen molar-refractivity contribution in [1.82, 2.24) is 0 Å². The molecule has 0 spiro atoms. The smallest absolute Gasteiger partial charge is 0.348 e. The Morgan fingerprint density at radius 2 is 1.69 bits per heavy atom. The molecule has 1 aromatic carbocycles. The summed E-state index contributed by atoms with van der Waals surface area (Å²) < 4.78 is 20.8. The van der Waals surface area contributed by atoms with Crippen molar-refractivity contribution >= 4 is 34.2 Å². The first-order valence-corrected chi connectivity index (χ1v) is 10.6. The van der Waals surface area contributed by atoms with Gasteiger partial charge < -0.3 is 23.9 Å². The molecule has 1 amide bonds. The van der Waals surface area contributed by atoms with Crippen LogP contribution < -0.4 is 10.1 Å². The lowest BCUT2D eigenvalue weighted by molar-refractivity contribution is 0.0601. The summed E-state index contributed by atoms with van der Waals surface area (Å²) in [5.74, 6) is -0.676. The van der Waals surface area contributed by atoms with Gasteiger partial charge in [-0.3, -0.25) is 4.79 Å². The number of hydrogen-bond donors (Lipinski definition) is 1. The number of amides is 1. The van der Waals surface area contributed by atoms with E-state index in [2.05, 4.69) is 12.2 Å². The van der Waals surface area contributed by atoms with Crippen LogP contribution in [0.15, 0.2) is 40.8 Å².